The summed E-state index contributed by atoms with van der Waals surface area (Å²) in [7, 11) is 1.89. The molecule has 1 aliphatic carbocycles. The first-order valence-corrected chi connectivity index (χ1v) is 11.9. The van der Waals surface area contributed by atoms with Gasteiger partial charge in [-0.2, -0.15) is 5.10 Å². The molecule has 3 aromatic rings. The standard InChI is InChI=1S/C25H29N7O/c1-31-20-12-5-4-10-18(20)21(30-31)23(33)32-15-7-13-25(16-32)24(27-17-8-2-3-9-17)28-22-19(29-25)11-6-14-26-22/h4-6,10-12,14,17,29H,2-3,7-9,13,15-16H2,1H3,(H,26,27,28)/t25-/m1/s1. The van der Waals surface area contributed by atoms with Gasteiger partial charge in [0.05, 0.1) is 23.8 Å². The lowest BCUT2D eigenvalue weighted by Crippen LogP contribution is -2.62. The van der Waals surface area contributed by atoms with Crippen LogP contribution < -0.4 is 10.6 Å². The lowest BCUT2D eigenvalue weighted by Gasteiger charge is -2.47. The molecule has 8 nitrogen and oxygen atoms in total. The van der Waals surface area contributed by atoms with Crippen LogP contribution in [0, 0.1) is 0 Å². The highest BCUT2D eigenvalue weighted by molar-refractivity contribution is 6.10. The quantitative estimate of drug-likeness (QED) is 0.629. The van der Waals surface area contributed by atoms with Crippen LogP contribution in [0.2, 0.25) is 0 Å². The van der Waals surface area contributed by atoms with E-state index in [4.69, 9.17) is 4.99 Å². The molecular formula is C25H29N7O. The Kier molecular flexibility index (Phi) is 4.81. The van der Waals surface area contributed by atoms with Crippen molar-refractivity contribution in [2.75, 3.05) is 23.7 Å². The van der Waals surface area contributed by atoms with Gasteiger partial charge in [0.15, 0.2) is 11.5 Å². The maximum absolute atomic E-state index is 13.7. The zero-order valence-corrected chi connectivity index (χ0v) is 18.9. The number of amides is 1. The fraction of sp³-hybridized carbons (Fsp3) is 0.440. The molecule has 1 atom stereocenters. The van der Waals surface area contributed by atoms with Crippen molar-refractivity contribution in [3.63, 3.8) is 0 Å². The van der Waals surface area contributed by atoms with Gasteiger partial charge < -0.3 is 15.5 Å². The second kappa shape index (κ2) is 7.86. The second-order valence-corrected chi connectivity index (χ2v) is 9.47. The predicted molar refractivity (Wildman–Crippen MR) is 130 cm³/mol. The largest absolute Gasteiger partial charge is 0.368 e. The number of fused-ring (bicyclic) bond motifs is 2. The van der Waals surface area contributed by atoms with E-state index in [1.54, 1.807) is 10.9 Å². The van der Waals surface area contributed by atoms with E-state index < -0.39 is 5.54 Å². The van der Waals surface area contributed by atoms with Gasteiger partial charge in [0, 0.05) is 25.2 Å². The van der Waals surface area contributed by atoms with Gasteiger partial charge in [-0.05, 0) is 43.9 Å². The van der Waals surface area contributed by atoms with Crippen molar-refractivity contribution in [3.8, 4) is 0 Å². The van der Waals surface area contributed by atoms with Crippen LogP contribution in [0.25, 0.3) is 10.9 Å². The fourth-order valence-corrected chi connectivity index (χ4v) is 5.57. The Hall–Kier alpha value is -3.42. The SMILES string of the molecule is Cn1nc(C(=O)N2CCC[C@]3(C2)Nc2cccnc2NC3=NC2CCCC2)c2ccccc21. The Balaban J connectivity index is 1.36. The molecule has 4 heterocycles. The maximum atomic E-state index is 13.7. The molecule has 1 amide bonds. The Morgan fingerprint density at radius 2 is 2.00 bits per heavy atom. The van der Waals surface area contributed by atoms with E-state index in [2.05, 4.69) is 20.7 Å². The van der Waals surface area contributed by atoms with E-state index >= 15 is 0 Å². The van der Waals surface area contributed by atoms with Gasteiger partial charge in [-0.1, -0.05) is 31.0 Å². The number of benzene rings is 1. The third-order valence-electron chi connectivity index (χ3n) is 7.25. The van der Waals surface area contributed by atoms with Crippen molar-refractivity contribution >= 4 is 34.2 Å². The van der Waals surface area contributed by atoms with E-state index in [0.29, 0.717) is 24.8 Å². The molecule has 170 valence electrons. The van der Waals surface area contributed by atoms with Crippen LogP contribution in [0.5, 0.6) is 0 Å². The summed E-state index contributed by atoms with van der Waals surface area (Å²) in [4.78, 5) is 25.3. The molecule has 1 aromatic carbocycles. The van der Waals surface area contributed by atoms with E-state index in [1.165, 1.54) is 12.8 Å². The number of carbonyl (C=O) groups is 1. The normalized spacial score (nSPS) is 24.2. The van der Waals surface area contributed by atoms with E-state index in [0.717, 1.165) is 53.9 Å². The molecule has 2 fully saturated rings. The Morgan fingerprint density at radius 3 is 2.88 bits per heavy atom. The predicted octanol–water partition coefficient (Wildman–Crippen LogP) is 3.82. The summed E-state index contributed by atoms with van der Waals surface area (Å²) in [5.41, 5.74) is 2.00. The topological polar surface area (TPSA) is 87.4 Å². The van der Waals surface area contributed by atoms with Gasteiger partial charge in [0.25, 0.3) is 5.91 Å². The summed E-state index contributed by atoms with van der Waals surface area (Å²) >= 11 is 0. The number of aryl methyl sites for hydroxylation is 1. The number of piperidine rings is 1. The zero-order chi connectivity index (χ0) is 22.4. The molecular weight excluding hydrogens is 414 g/mol. The number of likely N-dealkylation sites (tertiary alicyclic amines) is 1. The van der Waals surface area contributed by atoms with Crippen molar-refractivity contribution in [1.29, 1.82) is 0 Å². The first-order valence-electron chi connectivity index (χ1n) is 11.9. The van der Waals surface area contributed by atoms with Crippen molar-refractivity contribution in [3.05, 3.63) is 48.3 Å². The van der Waals surface area contributed by atoms with Gasteiger partial charge in [0.1, 0.15) is 11.4 Å². The first kappa shape index (κ1) is 20.2. The molecule has 2 aromatic heterocycles. The van der Waals surface area contributed by atoms with Crippen LogP contribution in [0.4, 0.5) is 11.5 Å². The number of aliphatic imine (C=N–C) groups is 1. The minimum atomic E-state index is -0.447. The molecule has 2 aliphatic heterocycles. The molecule has 8 heteroatoms. The number of rotatable bonds is 2. The third-order valence-corrected chi connectivity index (χ3v) is 7.25. The van der Waals surface area contributed by atoms with Crippen LogP contribution in [0.15, 0.2) is 47.6 Å². The van der Waals surface area contributed by atoms with Crippen molar-refractivity contribution in [2.45, 2.75) is 50.1 Å². The fourth-order valence-electron chi connectivity index (χ4n) is 5.57. The summed E-state index contributed by atoms with van der Waals surface area (Å²) in [5.74, 6) is 1.70. The monoisotopic (exact) mass is 443 g/mol. The highest BCUT2D eigenvalue weighted by atomic mass is 16.2. The highest BCUT2D eigenvalue weighted by Gasteiger charge is 2.45. The number of para-hydroxylation sites is 1. The Morgan fingerprint density at radius 1 is 1.15 bits per heavy atom. The number of nitrogens with zero attached hydrogens (tertiary/aromatic N) is 5. The molecule has 1 spiro atoms. The van der Waals surface area contributed by atoms with Gasteiger partial charge in [0.2, 0.25) is 0 Å². The number of pyridine rings is 1. The smallest absolute Gasteiger partial charge is 0.275 e. The summed E-state index contributed by atoms with van der Waals surface area (Å²) in [5, 5.41) is 12.8. The summed E-state index contributed by atoms with van der Waals surface area (Å²) in [6, 6.07) is 12.2. The van der Waals surface area contributed by atoms with Crippen LogP contribution in [-0.4, -0.2) is 56.1 Å². The maximum Gasteiger partial charge on any atom is 0.275 e. The molecule has 3 aliphatic rings. The molecule has 0 unspecified atom stereocenters. The van der Waals surface area contributed by atoms with Crippen LogP contribution in [0.3, 0.4) is 0 Å². The van der Waals surface area contributed by atoms with E-state index in [9.17, 15) is 4.79 Å². The van der Waals surface area contributed by atoms with E-state index in [1.807, 2.05) is 48.3 Å². The number of hydrogen-bond acceptors (Lipinski definition) is 5. The number of nitrogens with one attached hydrogen (secondary N) is 2. The van der Waals surface area contributed by atoms with Gasteiger partial charge in [-0.25, -0.2) is 4.98 Å². The average Bonchev–Trinajstić information content (AvgIpc) is 3.47. The summed E-state index contributed by atoms with van der Waals surface area (Å²) in [6.07, 6.45) is 8.30. The molecule has 2 N–H and O–H groups in total. The molecule has 1 saturated heterocycles. The summed E-state index contributed by atoms with van der Waals surface area (Å²) in [6.45, 7) is 1.26. The Bertz CT molecular complexity index is 1240. The van der Waals surface area contributed by atoms with Crippen LogP contribution >= 0.6 is 0 Å². The minimum absolute atomic E-state index is 0.0233. The molecule has 33 heavy (non-hydrogen) atoms. The number of anilines is 2. The van der Waals surface area contributed by atoms with Gasteiger partial charge in [-0.15, -0.1) is 0 Å². The van der Waals surface area contributed by atoms with Gasteiger partial charge >= 0.3 is 0 Å². The molecule has 0 radical (unpaired) electrons. The molecule has 1 saturated carbocycles. The number of aromatic nitrogens is 3. The highest BCUT2D eigenvalue weighted by Crippen LogP contribution is 2.36. The van der Waals surface area contributed by atoms with Crippen molar-refractivity contribution in [2.24, 2.45) is 12.0 Å². The van der Waals surface area contributed by atoms with Crippen LogP contribution in [0.1, 0.15) is 49.0 Å². The lowest BCUT2D eigenvalue weighted by atomic mass is 9.85. The first-order chi connectivity index (χ1) is 16.1. The van der Waals surface area contributed by atoms with Gasteiger partial charge in [-0.3, -0.25) is 14.5 Å². The number of hydrogen-bond donors (Lipinski definition) is 2. The lowest BCUT2D eigenvalue weighted by molar-refractivity contribution is 0.0689. The average molecular weight is 444 g/mol. The Labute approximate surface area is 193 Å². The molecule has 6 rings (SSSR count). The van der Waals surface area contributed by atoms with Crippen LogP contribution in [-0.2, 0) is 7.05 Å². The zero-order valence-electron chi connectivity index (χ0n) is 18.9. The minimum Gasteiger partial charge on any atom is -0.368 e. The molecule has 0 bridgehead atoms. The van der Waals surface area contributed by atoms with Crippen molar-refractivity contribution in [1.82, 2.24) is 19.7 Å². The van der Waals surface area contributed by atoms with Crippen molar-refractivity contribution < 1.29 is 4.79 Å². The summed E-state index contributed by atoms with van der Waals surface area (Å²) < 4.78 is 1.79. The van der Waals surface area contributed by atoms with E-state index in [-0.39, 0.29) is 5.91 Å². The third kappa shape index (κ3) is 3.44. The number of carbonyl (C=O) groups excluding carboxylic acids is 1. The number of amidine groups is 1. The second-order valence-electron chi connectivity index (χ2n) is 9.47.